The molecule has 6 heteroatoms. The van der Waals surface area contributed by atoms with Gasteiger partial charge in [0.2, 0.25) is 0 Å². The minimum Gasteiger partial charge on any atom is -0.410 e. The molecule has 1 saturated heterocycles. The topological polar surface area (TPSA) is 49.8 Å². The van der Waals surface area contributed by atoms with Crippen LogP contribution in [0.25, 0.3) is 0 Å². The zero-order chi connectivity index (χ0) is 22.6. The van der Waals surface area contributed by atoms with Gasteiger partial charge in [-0.3, -0.25) is 0 Å². The Hall–Kier alpha value is -2.08. The largest absolute Gasteiger partial charge is 0.415 e. The summed E-state index contributed by atoms with van der Waals surface area (Å²) in [6.07, 6.45) is 7.18. The standard InChI is InChI=1S/C26H34ClN2O3/c1-28(26(30)32-25-15-11-23(27)12-16-25)24-13-9-22(10-14-24)21-7-5-20(6-8-21)19-29(31)17-3-2-4-18-29/h5-8,11-12,15-16,22,24,31H,2-4,9-10,13-14,17-19H2,1H3/q+1. The molecule has 1 amide bonds. The van der Waals surface area contributed by atoms with E-state index in [9.17, 15) is 10.0 Å². The number of hydrogen-bond acceptors (Lipinski definition) is 3. The van der Waals surface area contributed by atoms with Crippen LogP contribution in [-0.4, -0.2) is 47.0 Å². The van der Waals surface area contributed by atoms with Crippen molar-refractivity contribution in [1.29, 1.82) is 0 Å². The number of likely N-dealkylation sites (tertiary alicyclic amines) is 1. The van der Waals surface area contributed by atoms with Crippen molar-refractivity contribution in [1.82, 2.24) is 4.90 Å². The first-order valence-electron chi connectivity index (χ1n) is 11.8. The Kier molecular flexibility index (Phi) is 7.39. The Morgan fingerprint density at radius 2 is 1.62 bits per heavy atom. The van der Waals surface area contributed by atoms with Crippen LogP contribution in [0.1, 0.15) is 62.0 Å². The number of nitrogens with zero attached hydrogens (tertiary/aromatic N) is 2. The smallest absolute Gasteiger partial charge is 0.410 e. The minimum atomic E-state index is -0.320. The number of ether oxygens (including phenoxy) is 1. The fourth-order valence-corrected chi connectivity index (χ4v) is 5.24. The average Bonchev–Trinajstić information content (AvgIpc) is 2.81. The van der Waals surface area contributed by atoms with Crippen LogP contribution in [0.3, 0.4) is 0 Å². The summed E-state index contributed by atoms with van der Waals surface area (Å²) in [5.41, 5.74) is 2.57. The van der Waals surface area contributed by atoms with Crippen molar-refractivity contribution >= 4 is 17.7 Å². The molecule has 172 valence electrons. The van der Waals surface area contributed by atoms with Gasteiger partial charge < -0.3 is 9.64 Å². The summed E-state index contributed by atoms with van der Waals surface area (Å²) < 4.78 is 5.67. The molecule has 1 aliphatic heterocycles. The second-order valence-corrected chi connectivity index (χ2v) is 9.88. The first-order chi connectivity index (χ1) is 15.4. The van der Waals surface area contributed by atoms with Crippen LogP contribution in [0, 0.1) is 0 Å². The van der Waals surface area contributed by atoms with Gasteiger partial charge in [-0.05, 0) is 80.7 Å². The van der Waals surface area contributed by atoms with Crippen LogP contribution in [0.4, 0.5) is 4.79 Å². The van der Waals surface area contributed by atoms with Gasteiger partial charge in [-0.25, -0.2) is 10.0 Å². The van der Waals surface area contributed by atoms with Gasteiger partial charge in [0.05, 0.1) is 0 Å². The van der Waals surface area contributed by atoms with Crippen molar-refractivity contribution in [2.45, 2.75) is 63.5 Å². The molecule has 2 aromatic rings. The average molecular weight is 458 g/mol. The molecule has 1 aliphatic carbocycles. The van der Waals surface area contributed by atoms with E-state index >= 15 is 0 Å². The van der Waals surface area contributed by atoms with Crippen molar-refractivity contribution in [3.8, 4) is 5.75 Å². The molecule has 0 spiro atoms. The number of carbonyl (C=O) groups excluding carboxylic acids is 1. The summed E-state index contributed by atoms with van der Waals surface area (Å²) in [4.78, 5) is 14.3. The Bertz CT molecular complexity index is 886. The Morgan fingerprint density at radius 3 is 2.25 bits per heavy atom. The van der Waals surface area contributed by atoms with Gasteiger partial charge in [0.25, 0.3) is 0 Å². The highest BCUT2D eigenvalue weighted by Crippen LogP contribution is 2.35. The summed E-state index contributed by atoms with van der Waals surface area (Å²) in [5.74, 6) is 1.03. The quantitative estimate of drug-likeness (QED) is 0.529. The lowest BCUT2D eigenvalue weighted by atomic mass is 9.81. The van der Waals surface area contributed by atoms with Gasteiger partial charge >= 0.3 is 6.09 Å². The van der Waals surface area contributed by atoms with Gasteiger partial charge in [-0.15, -0.1) is 0 Å². The third-order valence-electron chi connectivity index (χ3n) is 7.13. The Morgan fingerprint density at radius 1 is 1.00 bits per heavy atom. The number of hydroxylamine groups is 3. The molecule has 5 nitrogen and oxygen atoms in total. The molecule has 0 aromatic heterocycles. The van der Waals surface area contributed by atoms with E-state index in [1.165, 1.54) is 17.5 Å². The third-order valence-corrected chi connectivity index (χ3v) is 7.38. The maximum Gasteiger partial charge on any atom is 0.415 e. The summed E-state index contributed by atoms with van der Waals surface area (Å²) in [5, 5.41) is 11.4. The van der Waals surface area contributed by atoms with Crippen LogP contribution in [-0.2, 0) is 6.54 Å². The molecule has 2 aromatic carbocycles. The first-order valence-corrected chi connectivity index (χ1v) is 12.2. The highest BCUT2D eigenvalue weighted by Gasteiger charge is 2.30. The highest BCUT2D eigenvalue weighted by molar-refractivity contribution is 6.30. The molecule has 1 saturated carbocycles. The first kappa shape index (κ1) is 23.1. The number of hydrogen-bond donors (Lipinski definition) is 1. The number of halogens is 1. The van der Waals surface area contributed by atoms with Gasteiger partial charge in [-0.1, -0.05) is 35.9 Å². The van der Waals surface area contributed by atoms with Crippen LogP contribution in [0.2, 0.25) is 5.02 Å². The van der Waals surface area contributed by atoms with E-state index in [1.807, 2.05) is 7.05 Å². The molecule has 0 unspecified atom stereocenters. The number of quaternary nitrogens is 1. The zero-order valence-corrected chi connectivity index (χ0v) is 19.6. The van der Waals surface area contributed by atoms with E-state index in [1.54, 1.807) is 29.2 Å². The van der Waals surface area contributed by atoms with Gasteiger partial charge in [0.15, 0.2) is 0 Å². The predicted molar refractivity (Wildman–Crippen MR) is 126 cm³/mol. The van der Waals surface area contributed by atoms with Crippen LogP contribution in [0.15, 0.2) is 48.5 Å². The molecule has 0 atom stereocenters. The highest BCUT2D eigenvalue weighted by atomic mass is 35.5. The summed E-state index contributed by atoms with van der Waals surface area (Å²) >= 11 is 5.89. The fourth-order valence-electron chi connectivity index (χ4n) is 5.11. The molecule has 2 fully saturated rings. The molecule has 0 bridgehead atoms. The van der Waals surface area contributed by atoms with Gasteiger partial charge in [0.1, 0.15) is 25.4 Å². The molecule has 1 N–H and O–H groups in total. The SMILES string of the molecule is CN(C(=O)Oc1ccc(Cl)cc1)C1CCC(c2ccc(C[N+]3(O)CCCCC3)cc2)CC1. The molecule has 1 heterocycles. The maximum atomic E-state index is 12.5. The van der Waals surface area contributed by atoms with E-state index in [2.05, 4.69) is 24.3 Å². The molecule has 32 heavy (non-hydrogen) atoms. The van der Waals surface area contributed by atoms with Crippen molar-refractivity contribution in [3.05, 3.63) is 64.7 Å². The number of carbonyl (C=O) groups is 1. The van der Waals surface area contributed by atoms with E-state index in [0.717, 1.165) is 51.6 Å². The van der Waals surface area contributed by atoms with Crippen molar-refractivity contribution in [3.63, 3.8) is 0 Å². The third kappa shape index (κ3) is 5.83. The predicted octanol–water partition coefficient (Wildman–Crippen LogP) is 6.39. The fraction of sp³-hybridized carbons (Fsp3) is 0.500. The lowest BCUT2D eigenvalue weighted by Crippen LogP contribution is -2.47. The van der Waals surface area contributed by atoms with E-state index in [0.29, 0.717) is 23.2 Å². The van der Waals surface area contributed by atoms with E-state index in [-0.39, 0.29) is 16.8 Å². The van der Waals surface area contributed by atoms with Crippen LogP contribution < -0.4 is 4.74 Å². The Balaban J connectivity index is 1.27. The zero-order valence-electron chi connectivity index (χ0n) is 18.9. The number of amides is 1. The van der Waals surface area contributed by atoms with Gasteiger partial charge in [-0.2, -0.15) is 4.65 Å². The van der Waals surface area contributed by atoms with Crippen molar-refractivity contribution in [2.75, 3.05) is 20.1 Å². The van der Waals surface area contributed by atoms with Crippen LogP contribution in [0.5, 0.6) is 5.75 Å². The molecular weight excluding hydrogens is 424 g/mol. The lowest BCUT2D eigenvalue weighted by molar-refractivity contribution is -1.12. The lowest BCUT2D eigenvalue weighted by Gasteiger charge is -2.34. The second-order valence-electron chi connectivity index (χ2n) is 9.44. The van der Waals surface area contributed by atoms with Crippen molar-refractivity contribution < 1.29 is 19.4 Å². The Labute approximate surface area is 196 Å². The molecular formula is C26H34ClN2O3+. The molecule has 4 rings (SSSR count). The minimum absolute atomic E-state index is 0.183. The van der Waals surface area contributed by atoms with E-state index in [4.69, 9.17) is 16.3 Å². The number of benzene rings is 2. The summed E-state index contributed by atoms with van der Waals surface area (Å²) in [6.45, 7) is 2.42. The second kappa shape index (κ2) is 10.2. The number of piperidine rings is 1. The van der Waals surface area contributed by atoms with Gasteiger partial charge in [0, 0.05) is 23.7 Å². The summed E-state index contributed by atoms with van der Waals surface area (Å²) in [7, 11) is 1.83. The molecule has 0 radical (unpaired) electrons. The van der Waals surface area contributed by atoms with E-state index < -0.39 is 0 Å². The summed E-state index contributed by atoms with van der Waals surface area (Å²) in [6, 6.07) is 15.9. The maximum absolute atomic E-state index is 12.5. The molecule has 2 aliphatic rings. The van der Waals surface area contributed by atoms with Crippen LogP contribution >= 0.6 is 11.6 Å². The normalized spacial score (nSPS) is 22.8. The van der Waals surface area contributed by atoms with Crippen molar-refractivity contribution in [2.24, 2.45) is 0 Å². The number of rotatable bonds is 5. The monoisotopic (exact) mass is 457 g/mol.